The minimum Gasteiger partial charge on any atom is -0.409 e. The van der Waals surface area contributed by atoms with E-state index in [2.05, 4.69) is 5.16 Å². The number of carbonyl (C=O) groups excluding carboxylic acids is 1. The second kappa shape index (κ2) is 5.13. The molecule has 7 nitrogen and oxygen atoms in total. The van der Waals surface area contributed by atoms with Gasteiger partial charge in [-0.3, -0.25) is 4.79 Å². The fraction of sp³-hybridized carbons (Fsp3) is 0.800. The maximum atomic E-state index is 11.7. The van der Waals surface area contributed by atoms with Gasteiger partial charge in [0.05, 0.1) is 0 Å². The first-order valence-corrected chi connectivity index (χ1v) is 7.67. The maximum absolute atomic E-state index is 11.7. The summed E-state index contributed by atoms with van der Waals surface area (Å²) >= 11 is 0. The van der Waals surface area contributed by atoms with Gasteiger partial charge in [-0.2, -0.15) is 0 Å². The molecule has 0 aromatic rings. The molecule has 0 spiro atoms. The van der Waals surface area contributed by atoms with Gasteiger partial charge in [-0.1, -0.05) is 12.1 Å². The molecule has 0 aromatic heterocycles. The number of likely N-dealkylation sites (tertiary alicyclic amines) is 1. The van der Waals surface area contributed by atoms with Crippen LogP contribution in [-0.2, 0) is 14.6 Å². The summed E-state index contributed by atoms with van der Waals surface area (Å²) in [6.07, 6.45) is 2.15. The zero-order valence-electron chi connectivity index (χ0n) is 10.6. The Morgan fingerprint density at radius 3 is 2.33 bits per heavy atom. The number of oxime groups is 1. The highest BCUT2D eigenvalue weighted by Crippen LogP contribution is 2.31. The number of rotatable bonds is 3. The highest BCUT2D eigenvalue weighted by Gasteiger charge is 2.35. The predicted molar refractivity (Wildman–Crippen MR) is 67.0 cm³/mol. The molecule has 1 aliphatic rings. The zero-order valence-corrected chi connectivity index (χ0v) is 11.4. The molecule has 0 radical (unpaired) electrons. The van der Waals surface area contributed by atoms with E-state index in [0.717, 1.165) is 6.26 Å². The van der Waals surface area contributed by atoms with Crippen molar-refractivity contribution in [2.24, 2.45) is 16.3 Å². The molecule has 1 amide bonds. The van der Waals surface area contributed by atoms with Gasteiger partial charge in [0.2, 0.25) is 5.91 Å². The summed E-state index contributed by atoms with van der Waals surface area (Å²) in [6, 6.07) is 0. The Morgan fingerprint density at radius 2 is 1.94 bits per heavy atom. The van der Waals surface area contributed by atoms with Gasteiger partial charge in [0.25, 0.3) is 0 Å². The van der Waals surface area contributed by atoms with Gasteiger partial charge < -0.3 is 15.8 Å². The monoisotopic (exact) mass is 277 g/mol. The van der Waals surface area contributed by atoms with E-state index >= 15 is 0 Å². The largest absolute Gasteiger partial charge is 0.409 e. The molecule has 0 atom stereocenters. The number of piperidine rings is 1. The van der Waals surface area contributed by atoms with Crippen molar-refractivity contribution >= 4 is 21.6 Å². The van der Waals surface area contributed by atoms with E-state index in [0.29, 0.717) is 25.9 Å². The number of amides is 1. The zero-order chi connectivity index (χ0) is 14.0. The van der Waals surface area contributed by atoms with Gasteiger partial charge in [0.15, 0.2) is 9.84 Å². The Hall–Kier alpha value is -1.31. The first-order chi connectivity index (χ1) is 8.18. The third-order valence-corrected chi connectivity index (χ3v) is 4.10. The van der Waals surface area contributed by atoms with Crippen molar-refractivity contribution in [3.63, 3.8) is 0 Å². The summed E-state index contributed by atoms with van der Waals surface area (Å²) < 4.78 is 22.1. The SMILES string of the molecule is CC1(C(N)=NO)CCN(C(=O)CS(C)(=O)=O)CC1. The van der Waals surface area contributed by atoms with Crippen LogP contribution < -0.4 is 5.73 Å². The predicted octanol–water partition coefficient (Wildman–Crippen LogP) is -0.594. The molecule has 3 N–H and O–H groups in total. The van der Waals surface area contributed by atoms with E-state index in [4.69, 9.17) is 10.9 Å². The van der Waals surface area contributed by atoms with Gasteiger partial charge in [0.1, 0.15) is 11.6 Å². The van der Waals surface area contributed by atoms with Crippen LogP contribution in [0.25, 0.3) is 0 Å². The number of nitrogens with two attached hydrogens (primary N) is 1. The van der Waals surface area contributed by atoms with Crippen LogP contribution in [0.4, 0.5) is 0 Å². The van der Waals surface area contributed by atoms with Gasteiger partial charge in [-0.05, 0) is 12.8 Å². The molecular weight excluding hydrogens is 258 g/mol. The number of nitrogens with zero attached hydrogens (tertiary/aromatic N) is 2. The standard InChI is InChI=1S/C10H19N3O4S/c1-10(9(11)12-15)3-5-13(6-4-10)8(14)7-18(2,16)17/h15H,3-7H2,1-2H3,(H2,11,12). The normalized spacial score (nSPS) is 20.8. The van der Waals surface area contributed by atoms with Gasteiger partial charge >= 0.3 is 0 Å². The van der Waals surface area contributed by atoms with E-state index in [1.54, 1.807) is 0 Å². The van der Waals surface area contributed by atoms with Gasteiger partial charge in [-0.15, -0.1) is 0 Å². The Bertz CT molecular complexity index is 450. The van der Waals surface area contributed by atoms with Crippen LogP contribution in [0.1, 0.15) is 19.8 Å². The fourth-order valence-electron chi connectivity index (χ4n) is 1.94. The average molecular weight is 277 g/mol. The first-order valence-electron chi connectivity index (χ1n) is 5.61. The Morgan fingerprint density at radius 1 is 1.44 bits per heavy atom. The highest BCUT2D eigenvalue weighted by atomic mass is 32.2. The summed E-state index contributed by atoms with van der Waals surface area (Å²) in [5, 5.41) is 11.7. The van der Waals surface area contributed by atoms with Crippen LogP contribution in [-0.4, -0.2) is 55.4 Å². The lowest BCUT2D eigenvalue weighted by molar-refractivity contribution is -0.130. The molecule has 1 saturated heterocycles. The van der Waals surface area contributed by atoms with Gasteiger partial charge in [-0.25, -0.2) is 8.42 Å². The number of amidine groups is 1. The summed E-state index contributed by atoms with van der Waals surface area (Å²) in [7, 11) is -3.30. The summed E-state index contributed by atoms with van der Waals surface area (Å²) in [4.78, 5) is 13.2. The van der Waals surface area contributed by atoms with E-state index < -0.39 is 21.0 Å². The molecule has 0 aromatic carbocycles. The third-order valence-electron chi connectivity index (χ3n) is 3.33. The highest BCUT2D eigenvalue weighted by molar-refractivity contribution is 7.91. The molecule has 1 aliphatic heterocycles. The molecular formula is C10H19N3O4S. The maximum Gasteiger partial charge on any atom is 0.237 e. The van der Waals surface area contributed by atoms with Crippen molar-refractivity contribution in [1.29, 1.82) is 0 Å². The van der Waals surface area contributed by atoms with Crippen molar-refractivity contribution in [2.75, 3.05) is 25.1 Å². The van der Waals surface area contributed by atoms with E-state index in [1.807, 2.05) is 6.92 Å². The molecule has 0 saturated carbocycles. The Kier molecular flexibility index (Phi) is 4.20. The van der Waals surface area contributed by atoms with E-state index in [-0.39, 0.29) is 11.7 Å². The van der Waals surface area contributed by atoms with Crippen molar-refractivity contribution < 1.29 is 18.4 Å². The minimum atomic E-state index is -3.30. The molecule has 8 heteroatoms. The molecule has 0 bridgehead atoms. The minimum absolute atomic E-state index is 0.151. The average Bonchev–Trinajstić information content (AvgIpc) is 2.26. The number of sulfone groups is 1. The van der Waals surface area contributed by atoms with Crippen LogP contribution in [0.3, 0.4) is 0 Å². The van der Waals surface area contributed by atoms with Crippen molar-refractivity contribution in [2.45, 2.75) is 19.8 Å². The summed E-state index contributed by atoms with van der Waals surface area (Å²) in [5.74, 6) is -0.704. The second-order valence-corrected chi connectivity index (χ2v) is 7.14. The number of hydrogen-bond donors (Lipinski definition) is 2. The van der Waals surface area contributed by atoms with Crippen molar-refractivity contribution in [3.8, 4) is 0 Å². The van der Waals surface area contributed by atoms with Crippen molar-refractivity contribution in [1.82, 2.24) is 4.90 Å². The van der Waals surface area contributed by atoms with E-state index in [9.17, 15) is 13.2 Å². The van der Waals surface area contributed by atoms with Crippen LogP contribution in [0.5, 0.6) is 0 Å². The topological polar surface area (TPSA) is 113 Å². The van der Waals surface area contributed by atoms with Crippen LogP contribution >= 0.6 is 0 Å². The second-order valence-electron chi connectivity index (χ2n) is 5.00. The summed E-state index contributed by atoms with van der Waals surface area (Å²) in [6.45, 7) is 2.70. The van der Waals surface area contributed by atoms with Crippen molar-refractivity contribution in [3.05, 3.63) is 0 Å². The molecule has 0 aliphatic carbocycles. The van der Waals surface area contributed by atoms with Crippen LogP contribution in [0.2, 0.25) is 0 Å². The molecule has 0 unspecified atom stereocenters. The number of carbonyl (C=O) groups is 1. The molecule has 1 rings (SSSR count). The lowest BCUT2D eigenvalue weighted by Crippen LogP contribution is -2.48. The quantitative estimate of drug-likeness (QED) is 0.310. The fourth-order valence-corrected chi connectivity index (χ4v) is 2.57. The van der Waals surface area contributed by atoms with E-state index in [1.165, 1.54) is 4.90 Å². The lowest BCUT2D eigenvalue weighted by atomic mass is 9.79. The lowest BCUT2D eigenvalue weighted by Gasteiger charge is -2.38. The molecule has 1 fully saturated rings. The third kappa shape index (κ3) is 3.59. The van der Waals surface area contributed by atoms with Crippen LogP contribution in [0, 0.1) is 5.41 Å². The Balaban J connectivity index is 2.62. The van der Waals surface area contributed by atoms with Gasteiger partial charge in [0, 0.05) is 24.8 Å². The number of hydrogen-bond acceptors (Lipinski definition) is 5. The van der Waals surface area contributed by atoms with Crippen LogP contribution in [0.15, 0.2) is 5.16 Å². The smallest absolute Gasteiger partial charge is 0.237 e. The molecule has 1 heterocycles. The first kappa shape index (κ1) is 14.7. The molecule has 104 valence electrons. The molecule has 18 heavy (non-hydrogen) atoms. The summed E-state index contributed by atoms with van der Waals surface area (Å²) in [5.41, 5.74) is 5.17. The Labute approximate surface area is 107 Å².